The molecule has 5 aliphatic rings. The van der Waals surface area contributed by atoms with Gasteiger partial charge in [0.25, 0.3) is 0 Å². The van der Waals surface area contributed by atoms with Crippen molar-refractivity contribution < 1.29 is 4.79 Å². The predicted octanol–water partition coefficient (Wildman–Crippen LogP) is 5.08. The van der Waals surface area contributed by atoms with Crippen LogP contribution in [0.5, 0.6) is 0 Å². The predicted molar refractivity (Wildman–Crippen MR) is 118 cm³/mol. The van der Waals surface area contributed by atoms with Gasteiger partial charge >= 0.3 is 0 Å². The quantitative estimate of drug-likeness (QED) is 0.606. The molecule has 6 rings (SSSR count). The van der Waals surface area contributed by atoms with Crippen LogP contribution < -0.4 is 4.90 Å². The molecule has 0 N–H and O–H groups in total. The lowest BCUT2D eigenvalue weighted by Crippen LogP contribution is -2.55. The Morgan fingerprint density at radius 2 is 1.75 bits per heavy atom. The van der Waals surface area contributed by atoms with Crippen LogP contribution in [0.3, 0.4) is 0 Å². The summed E-state index contributed by atoms with van der Waals surface area (Å²) in [6.07, 6.45) is 8.70. The zero-order valence-electron chi connectivity index (χ0n) is 17.3. The molecule has 0 radical (unpaired) electrons. The van der Waals surface area contributed by atoms with Gasteiger partial charge in [0.05, 0.1) is 0 Å². The Kier molecular flexibility index (Phi) is 4.57. The summed E-state index contributed by atoms with van der Waals surface area (Å²) in [5.41, 5.74) is 4.35. The van der Waals surface area contributed by atoms with E-state index in [0.29, 0.717) is 10.2 Å². The van der Waals surface area contributed by atoms with Crippen molar-refractivity contribution in [3.63, 3.8) is 0 Å². The summed E-state index contributed by atoms with van der Waals surface area (Å²) in [6, 6.07) is 6.56. The van der Waals surface area contributed by atoms with Crippen LogP contribution in [0.1, 0.15) is 56.1 Å². The monoisotopic (exact) mass is 444 g/mol. The first-order chi connectivity index (χ1) is 13.3. The van der Waals surface area contributed by atoms with E-state index in [1.54, 1.807) is 0 Å². The fraction of sp³-hybridized carbons (Fsp3) is 0.708. The molecule has 1 amide bonds. The zero-order chi connectivity index (χ0) is 19.5. The maximum atomic E-state index is 13.2. The average Bonchev–Trinajstić information content (AvgIpc) is 2.62. The Labute approximate surface area is 178 Å². The average molecular weight is 445 g/mol. The Hall–Kier alpha value is -1.03. The summed E-state index contributed by atoms with van der Waals surface area (Å²) in [5, 5.41) is 0. The van der Waals surface area contributed by atoms with Gasteiger partial charge in [-0.3, -0.25) is 4.79 Å². The van der Waals surface area contributed by atoms with Crippen LogP contribution in [0.4, 0.5) is 5.69 Å². The number of nitrogens with zero attached hydrogens (tertiary/aromatic N) is 2. The van der Waals surface area contributed by atoms with Gasteiger partial charge in [0.2, 0.25) is 5.91 Å². The fourth-order valence-electron chi connectivity index (χ4n) is 7.25. The van der Waals surface area contributed by atoms with Crippen molar-refractivity contribution in [2.45, 2.75) is 63.1 Å². The third-order valence-electron chi connectivity index (χ3n) is 8.19. The number of hydrogen-bond acceptors (Lipinski definition) is 2. The Balaban J connectivity index is 1.23. The molecule has 1 aromatic rings. The Morgan fingerprint density at radius 3 is 2.39 bits per heavy atom. The molecule has 4 heteroatoms. The minimum absolute atomic E-state index is 0.287. The fourth-order valence-corrected chi connectivity index (χ4v) is 8.76. The molecular weight excluding hydrogens is 412 g/mol. The molecule has 4 aliphatic carbocycles. The lowest BCUT2D eigenvalue weighted by molar-refractivity contribution is -0.138. The van der Waals surface area contributed by atoms with Crippen LogP contribution in [-0.2, 0) is 4.79 Å². The van der Waals surface area contributed by atoms with Crippen LogP contribution in [0.15, 0.2) is 18.2 Å². The van der Waals surface area contributed by atoms with Gasteiger partial charge in [0, 0.05) is 42.6 Å². The van der Waals surface area contributed by atoms with Crippen LogP contribution in [0.25, 0.3) is 0 Å². The van der Waals surface area contributed by atoms with Crippen molar-refractivity contribution >= 4 is 27.5 Å². The van der Waals surface area contributed by atoms with Gasteiger partial charge in [-0.1, -0.05) is 28.1 Å². The third-order valence-corrected chi connectivity index (χ3v) is 9.11. The summed E-state index contributed by atoms with van der Waals surface area (Å²) >= 11 is 4.09. The van der Waals surface area contributed by atoms with Crippen LogP contribution in [0.2, 0.25) is 0 Å². The highest BCUT2D eigenvalue weighted by atomic mass is 79.9. The molecule has 1 aliphatic heterocycles. The van der Waals surface area contributed by atoms with Gasteiger partial charge in [-0.25, -0.2) is 0 Å². The van der Waals surface area contributed by atoms with E-state index >= 15 is 0 Å². The largest absolute Gasteiger partial charge is 0.368 e. The van der Waals surface area contributed by atoms with Crippen molar-refractivity contribution in [1.82, 2.24) is 4.90 Å². The molecule has 1 aromatic carbocycles. The lowest BCUT2D eigenvalue weighted by Gasteiger charge is -2.60. The summed E-state index contributed by atoms with van der Waals surface area (Å²) in [6.45, 7) is 8.04. The maximum absolute atomic E-state index is 13.2. The van der Waals surface area contributed by atoms with Crippen molar-refractivity contribution in [3.05, 3.63) is 29.3 Å². The third kappa shape index (κ3) is 3.30. The second-order valence-corrected chi connectivity index (χ2v) is 12.1. The lowest BCUT2D eigenvalue weighted by atomic mass is 9.48. The normalized spacial score (nSPS) is 36.8. The first kappa shape index (κ1) is 19.0. The molecule has 4 saturated carbocycles. The maximum Gasteiger partial charge on any atom is 0.223 e. The summed E-state index contributed by atoms with van der Waals surface area (Å²) in [5.74, 6) is 2.13. The molecule has 5 fully saturated rings. The molecule has 1 saturated heterocycles. The van der Waals surface area contributed by atoms with E-state index in [9.17, 15) is 4.79 Å². The number of benzene rings is 1. The van der Waals surface area contributed by atoms with E-state index in [2.05, 4.69) is 57.8 Å². The summed E-state index contributed by atoms with van der Waals surface area (Å²) < 4.78 is 0.346. The minimum Gasteiger partial charge on any atom is -0.368 e. The number of alkyl halides is 1. The minimum atomic E-state index is 0.287. The van der Waals surface area contributed by atoms with Crippen molar-refractivity contribution in [1.29, 1.82) is 0 Å². The Bertz CT molecular complexity index is 769. The molecule has 0 spiro atoms. The van der Waals surface area contributed by atoms with E-state index in [1.807, 2.05) is 0 Å². The van der Waals surface area contributed by atoms with Crippen LogP contribution >= 0.6 is 15.9 Å². The summed E-state index contributed by atoms with van der Waals surface area (Å²) in [7, 11) is 0. The number of anilines is 1. The van der Waals surface area contributed by atoms with Gasteiger partial charge < -0.3 is 9.80 Å². The van der Waals surface area contributed by atoms with Gasteiger partial charge in [-0.15, -0.1) is 0 Å². The number of carbonyl (C=O) groups is 1. The molecule has 3 nitrogen and oxygen atoms in total. The van der Waals surface area contributed by atoms with E-state index in [4.69, 9.17) is 0 Å². The van der Waals surface area contributed by atoms with E-state index in [1.165, 1.54) is 55.3 Å². The number of amides is 1. The molecule has 152 valence electrons. The molecule has 0 aromatic heterocycles. The Morgan fingerprint density at radius 1 is 1.07 bits per heavy atom. The number of carbonyl (C=O) groups excluding carboxylic acids is 1. The number of hydrogen-bond donors (Lipinski definition) is 0. The highest BCUT2D eigenvalue weighted by molar-refractivity contribution is 9.10. The van der Waals surface area contributed by atoms with Gasteiger partial charge in [-0.2, -0.15) is 0 Å². The first-order valence-electron chi connectivity index (χ1n) is 11.1. The zero-order valence-corrected chi connectivity index (χ0v) is 18.9. The van der Waals surface area contributed by atoms with Gasteiger partial charge in [-0.05, 0) is 86.8 Å². The molecule has 4 bridgehead atoms. The standard InChI is InChI=1S/C24H33BrN2O/c1-17-4-3-5-21(18(17)2)26-6-8-27(9-7-26)22(28)15-23-11-19-10-20(12-23)14-24(25,13-19)16-23/h3-5,19-20H,6-16H2,1-2H3/t19-,20-,23?,24?/m0/s1. The SMILES string of the molecule is Cc1cccc(N2CCN(C(=O)CC34C[C@@H]5C[C@H](CC(Br)(C5)C3)C4)CC2)c1C. The van der Waals surface area contributed by atoms with Crippen molar-refractivity contribution in [3.8, 4) is 0 Å². The number of halogens is 1. The van der Waals surface area contributed by atoms with E-state index < -0.39 is 0 Å². The van der Waals surface area contributed by atoms with Crippen LogP contribution in [-0.4, -0.2) is 41.3 Å². The number of piperazine rings is 1. The molecule has 0 unspecified atom stereocenters. The molecular formula is C24H33BrN2O. The molecule has 28 heavy (non-hydrogen) atoms. The van der Waals surface area contributed by atoms with E-state index in [0.717, 1.165) is 44.4 Å². The second-order valence-electron chi connectivity index (χ2n) is 10.4. The number of rotatable bonds is 3. The van der Waals surface area contributed by atoms with Crippen LogP contribution in [0, 0.1) is 31.1 Å². The van der Waals surface area contributed by atoms with Crippen molar-refractivity contribution in [2.24, 2.45) is 17.3 Å². The van der Waals surface area contributed by atoms with Gasteiger partial charge in [0.1, 0.15) is 0 Å². The van der Waals surface area contributed by atoms with E-state index in [-0.39, 0.29) is 5.41 Å². The molecule has 1 heterocycles. The first-order valence-corrected chi connectivity index (χ1v) is 11.9. The highest BCUT2D eigenvalue weighted by Gasteiger charge is 2.57. The van der Waals surface area contributed by atoms with Crippen molar-refractivity contribution in [2.75, 3.05) is 31.1 Å². The molecule has 2 atom stereocenters. The smallest absolute Gasteiger partial charge is 0.223 e. The number of aryl methyl sites for hydroxylation is 1. The topological polar surface area (TPSA) is 23.6 Å². The summed E-state index contributed by atoms with van der Waals surface area (Å²) in [4.78, 5) is 17.9. The van der Waals surface area contributed by atoms with Gasteiger partial charge in [0.15, 0.2) is 0 Å². The second kappa shape index (κ2) is 6.75. The highest BCUT2D eigenvalue weighted by Crippen LogP contribution is 2.65.